The third-order valence-electron chi connectivity index (χ3n) is 4.86. The van der Waals surface area contributed by atoms with Crippen LogP contribution in [0.1, 0.15) is 18.5 Å². The van der Waals surface area contributed by atoms with Gasteiger partial charge in [-0.2, -0.15) is 5.10 Å². The summed E-state index contributed by atoms with van der Waals surface area (Å²) in [7, 11) is 3.59. The van der Waals surface area contributed by atoms with Gasteiger partial charge in [0.1, 0.15) is 11.6 Å². The Morgan fingerprint density at radius 2 is 1.93 bits per heavy atom. The molecule has 7 heteroatoms. The van der Waals surface area contributed by atoms with E-state index in [2.05, 4.69) is 20.4 Å². The number of methoxy groups -OCH3 is 1. The lowest BCUT2D eigenvalue weighted by Crippen LogP contribution is -2.25. The fraction of sp³-hybridized carbons (Fsp3) is 0.304. The molecule has 6 nitrogen and oxygen atoms in total. The van der Waals surface area contributed by atoms with Gasteiger partial charge in [0, 0.05) is 24.2 Å². The summed E-state index contributed by atoms with van der Waals surface area (Å²) in [4.78, 5) is 14.3. The topological polar surface area (TPSA) is 70.2 Å². The van der Waals surface area contributed by atoms with E-state index in [0.29, 0.717) is 24.4 Å². The molecule has 0 fully saturated rings. The summed E-state index contributed by atoms with van der Waals surface area (Å²) in [5.74, 6) is 0.358. The van der Waals surface area contributed by atoms with E-state index < -0.39 is 0 Å². The second-order valence-corrected chi connectivity index (χ2v) is 7.19. The number of aromatic nitrogens is 2. The Balaban J connectivity index is 1.38. The van der Waals surface area contributed by atoms with E-state index >= 15 is 0 Å². The number of carbonyl (C=O) groups excluding carboxylic acids is 1. The summed E-state index contributed by atoms with van der Waals surface area (Å²) in [6.07, 6.45) is 2.20. The molecule has 0 aliphatic carbocycles. The predicted molar refractivity (Wildman–Crippen MR) is 116 cm³/mol. The van der Waals surface area contributed by atoms with Crippen LogP contribution in [0.25, 0.3) is 11.3 Å². The lowest BCUT2D eigenvalue weighted by Gasteiger charge is -2.16. The number of hydrogen-bond donors (Lipinski definition) is 2. The van der Waals surface area contributed by atoms with E-state index in [1.165, 1.54) is 12.1 Å². The highest BCUT2D eigenvalue weighted by Gasteiger charge is 2.09. The lowest BCUT2D eigenvalue weighted by atomic mass is 10.1. The second-order valence-electron chi connectivity index (χ2n) is 7.19. The number of aromatic amines is 1. The summed E-state index contributed by atoms with van der Waals surface area (Å²) < 4.78 is 18.3. The molecular formula is C23H27FN4O2. The summed E-state index contributed by atoms with van der Waals surface area (Å²) in [5, 5.41) is 10.2. The number of rotatable bonds is 10. The molecule has 0 atom stereocenters. The minimum absolute atomic E-state index is 0.0381. The van der Waals surface area contributed by atoms with Crippen molar-refractivity contribution in [2.45, 2.75) is 19.3 Å². The standard InChI is InChI=1S/C23H27FN4O2/c1-28(15-13-23(29)25-20-7-3-4-8-22(20)30-2)14-5-6-19-16-21(27-26-19)17-9-11-18(24)12-10-17/h3-4,7-12,16H,5-6,13-15H2,1-2H3,(H,25,29)(H,26,27). The predicted octanol–water partition coefficient (Wildman–Crippen LogP) is 4.12. The van der Waals surface area contributed by atoms with Crippen molar-refractivity contribution in [2.75, 3.05) is 32.6 Å². The number of benzene rings is 2. The van der Waals surface area contributed by atoms with Crippen LogP contribution in [0.2, 0.25) is 0 Å². The molecule has 0 saturated heterocycles. The van der Waals surface area contributed by atoms with Crippen LogP contribution in [-0.4, -0.2) is 48.3 Å². The summed E-state index contributed by atoms with van der Waals surface area (Å²) in [6, 6.07) is 15.7. The molecule has 30 heavy (non-hydrogen) atoms. The van der Waals surface area contributed by atoms with Gasteiger partial charge in [-0.25, -0.2) is 4.39 Å². The Labute approximate surface area is 176 Å². The summed E-state index contributed by atoms with van der Waals surface area (Å²) in [6.45, 7) is 1.54. The smallest absolute Gasteiger partial charge is 0.225 e. The van der Waals surface area contributed by atoms with E-state index in [0.717, 1.165) is 36.3 Å². The zero-order valence-corrected chi connectivity index (χ0v) is 17.3. The largest absolute Gasteiger partial charge is 0.495 e. The van der Waals surface area contributed by atoms with Crippen molar-refractivity contribution in [1.82, 2.24) is 15.1 Å². The third-order valence-corrected chi connectivity index (χ3v) is 4.86. The minimum atomic E-state index is -0.255. The lowest BCUT2D eigenvalue weighted by molar-refractivity contribution is -0.116. The third kappa shape index (κ3) is 6.15. The molecule has 0 aliphatic rings. The first-order chi connectivity index (χ1) is 14.5. The van der Waals surface area contributed by atoms with Gasteiger partial charge in [0.2, 0.25) is 5.91 Å². The van der Waals surface area contributed by atoms with Crippen LogP contribution in [-0.2, 0) is 11.2 Å². The van der Waals surface area contributed by atoms with Crippen molar-refractivity contribution in [3.8, 4) is 17.0 Å². The highest BCUT2D eigenvalue weighted by atomic mass is 19.1. The van der Waals surface area contributed by atoms with Gasteiger partial charge in [0.15, 0.2) is 0 Å². The van der Waals surface area contributed by atoms with E-state index in [1.54, 1.807) is 19.2 Å². The zero-order valence-electron chi connectivity index (χ0n) is 17.3. The Morgan fingerprint density at radius 3 is 2.70 bits per heavy atom. The van der Waals surface area contributed by atoms with Crippen LogP contribution in [0.15, 0.2) is 54.6 Å². The number of aryl methyl sites for hydroxylation is 1. The molecule has 2 aromatic carbocycles. The van der Waals surface area contributed by atoms with E-state index in [-0.39, 0.29) is 11.7 Å². The van der Waals surface area contributed by atoms with Gasteiger partial charge in [-0.3, -0.25) is 9.89 Å². The van der Waals surface area contributed by atoms with Crippen LogP contribution in [0.5, 0.6) is 5.75 Å². The van der Waals surface area contributed by atoms with Crippen LogP contribution in [0.4, 0.5) is 10.1 Å². The number of hydrogen-bond acceptors (Lipinski definition) is 4. The van der Waals surface area contributed by atoms with Gasteiger partial charge < -0.3 is 15.0 Å². The highest BCUT2D eigenvalue weighted by Crippen LogP contribution is 2.23. The molecule has 0 bridgehead atoms. The normalized spacial score (nSPS) is 10.9. The second kappa shape index (κ2) is 10.5. The maximum atomic E-state index is 13.0. The van der Waals surface area contributed by atoms with Crippen molar-refractivity contribution >= 4 is 11.6 Å². The SMILES string of the molecule is COc1ccccc1NC(=O)CCN(C)CCCc1cc(-c2ccc(F)cc2)n[nH]1. The van der Waals surface area contributed by atoms with Crippen molar-refractivity contribution < 1.29 is 13.9 Å². The number of anilines is 1. The van der Waals surface area contributed by atoms with Gasteiger partial charge in [0.25, 0.3) is 0 Å². The average Bonchev–Trinajstić information content (AvgIpc) is 3.22. The zero-order chi connectivity index (χ0) is 21.3. The Morgan fingerprint density at radius 1 is 1.17 bits per heavy atom. The van der Waals surface area contributed by atoms with E-state index in [1.807, 2.05) is 37.4 Å². The molecule has 1 amide bonds. The van der Waals surface area contributed by atoms with Crippen molar-refractivity contribution in [3.63, 3.8) is 0 Å². The Hall–Kier alpha value is -3.19. The molecule has 0 saturated carbocycles. The number of H-pyrrole nitrogens is 1. The van der Waals surface area contributed by atoms with E-state index in [9.17, 15) is 9.18 Å². The Kier molecular flexibility index (Phi) is 7.57. The van der Waals surface area contributed by atoms with Gasteiger partial charge in [0.05, 0.1) is 18.5 Å². The van der Waals surface area contributed by atoms with Crippen LogP contribution < -0.4 is 10.1 Å². The molecular weight excluding hydrogens is 383 g/mol. The molecule has 0 spiro atoms. The number of nitrogens with zero attached hydrogens (tertiary/aromatic N) is 2. The Bertz CT molecular complexity index is 956. The fourth-order valence-corrected chi connectivity index (χ4v) is 3.16. The number of amides is 1. The van der Waals surface area contributed by atoms with Crippen molar-refractivity contribution in [1.29, 1.82) is 0 Å². The molecule has 2 N–H and O–H groups in total. The van der Waals surface area contributed by atoms with Crippen molar-refractivity contribution in [3.05, 3.63) is 66.1 Å². The van der Waals surface area contributed by atoms with Gasteiger partial charge in [-0.05, 0) is 68.9 Å². The van der Waals surface area contributed by atoms with Crippen molar-refractivity contribution in [2.24, 2.45) is 0 Å². The maximum Gasteiger partial charge on any atom is 0.225 e. The number of carbonyl (C=O) groups is 1. The number of nitrogens with one attached hydrogen (secondary N) is 2. The number of ether oxygens (including phenoxy) is 1. The van der Waals surface area contributed by atoms with Crippen LogP contribution in [0.3, 0.4) is 0 Å². The molecule has 1 heterocycles. The first kappa shape index (κ1) is 21.5. The van der Waals surface area contributed by atoms with Gasteiger partial charge in [-0.15, -0.1) is 0 Å². The summed E-state index contributed by atoms with van der Waals surface area (Å²) in [5.41, 5.74) is 3.42. The molecule has 0 aliphatic heterocycles. The number of para-hydroxylation sites is 2. The van der Waals surface area contributed by atoms with Gasteiger partial charge in [-0.1, -0.05) is 12.1 Å². The first-order valence-corrected chi connectivity index (χ1v) is 9.97. The first-order valence-electron chi connectivity index (χ1n) is 9.97. The average molecular weight is 410 g/mol. The molecule has 158 valence electrons. The van der Waals surface area contributed by atoms with Gasteiger partial charge >= 0.3 is 0 Å². The van der Waals surface area contributed by atoms with E-state index in [4.69, 9.17) is 4.74 Å². The quantitative estimate of drug-likeness (QED) is 0.528. The molecule has 3 aromatic rings. The monoisotopic (exact) mass is 410 g/mol. The summed E-state index contributed by atoms with van der Waals surface area (Å²) >= 11 is 0. The number of halogens is 1. The minimum Gasteiger partial charge on any atom is -0.495 e. The molecule has 0 unspecified atom stereocenters. The fourth-order valence-electron chi connectivity index (χ4n) is 3.16. The van der Waals surface area contributed by atoms with Crippen LogP contribution in [0, 0.1) is 5.82 Å². The molecule has 3 rings (SSSR count). The highest BCUT2D eigenvalue weighted by molar-refractivity contribution is 5.92. The maximum absolute atomic E-state index is 13.0. The molecule has 0 radical (unpaired) electrons. The van der Waals surface area contributed by atoms with Crippen LogP contribution >= 0.6 is 0 Å². The molecule has 1 aromatic heterocycles.